The van der Waals surface area contributed by atoms with Gasteiger partial charge in [-0.3, -0.25) is 9.52 Å². The van der Waals surface area contributed by atoms with Crippen LogP contribution < -0.4 is 19.9 Å². The van der Waals surface area contributed by atoms with Crippen LogP contribution in [-0.2, 0) is 31.3 Å². The summed E-state index contributed by atoms with van der Waals surface area (Å²) in [6.07, 6.45) is 0.481. The number of carbonyl (C=O) groups is 1. The quantitative estimate of drug-likeness (QED) is 0.421. The first-order chi connectivity index (χ1) is 15.6. The van der Waals surface area contributed by atoms with Crippen molar-refractivity contribution in [2.24, 2.45) is 5.14 Å². The second kappa shape index (κ2) is 10.0. The molecule has 33 heavy (non-hydrogen) atoms. The fourth-order valence-corrected chi connectivity index (χ4v) is 4.63. The molecule has 0 radical (unpaired) electrons. The first-order valence-electron chi connectivity index (χ1n) is 9.76. The van der Waals surface area contributed by atoms with Crippen LogP contribution in [0.5, 0.6) is 5.75 Å². The van der Waals surface area contributed by atoms with E-state index in [0.717, 1.165) is 5.56 Å². The number of hydrogen-bond donors (Lipinski definition) is 3. The number of methoxy groups -OCH3 is 1. The smallest absolute Gasteiger partial charge is 0.262 e. The maximum absolute atomic E-state index is 12.8. The first kappa shape index (κ1) is 24.2. The highest BCUT2D eigenvalue weighted by atomic mass is 32.2. The van der Waals surface area contributed by atoms with Gasteiger partial charge in [0.1, 0.15) is 5.75 Å². The molecule has 0 aliphatic rings. The number of anilines is 2. The van der Waals surface area contributed by atoms with Crippen LogP contribution in [-0.4, -0.2) is 29.9 Å². The van der Waals surface area contributed by atoms with Gasteiger partial charge < -0.3 is 10.1 Å². The Hall–Kier alpha value is -3.41. The average molecular weight is 490 g/mol. The van der Waals surface area contributed by atoms with Gasteiger partial charge in [-0.1, -0.05) is 30.3 Å². The van der Waals surface area contributed by atoms with Crippen molar-refractivity contribution in [1.29, 1.82) is 0 Å². The Bertz CT molecular complexity index is 1350. The van der Waals surface area contributed by atoms with E-state index in [1.165, 1.54) is 37.4 Å². The molecular weight excluding hydrogens is 466 g/mol. The number of benzene rings is 3. The number of nitrogens with one attached hydrogen (secondary N) is 2. The maximum atomic E-state index is 12.8. The summed E-state index contributed by atoms with van der Waals surface area (Å²) in [4.78, 5) is 12.3. The van der Waals surface area contributed by atoms with Crippen molar-refractivity contribution in [2.45, 2.75) is 22.6 Å². The van der Waals surface area contributed by atoms with Crippen LogP contribution in [0.2, 0.25) is 0 Å². The molecule has 0 fully saturated rings. The van der Waals surface area contributed by atoms with E-state index < -0.39 is 20.0 Å². The molecule has 0 aromatic heterocycles. The Balaban J connectivity index is 1.65. The van der Waals surface area contributed by atoms with Crippen molar-refractivity contribution in [3.05, 3.63) is 78.4 Å². The molecule has 0 atom stereocenters. The van der Waals surface area contributed by atoms with Crippen molar-refractivity contribution >= 4 is 37.3 Å². The number of carbonyl (C=O) groups excluding carboxylic acids is 1. The number of amides is 1. The second-order valence-electron chi connectivity index (χ2n) is 7.07. The molecule has 174 valence electrons. The Morgan fingerprint density at radius 1 is 0.909 bits per heavy atom. The minimum atomic E-state index is -3.92. The van der Waals surface area contributed by atoms with Gasteiger partial charge in [0.05, 0.1) is 22.6 Å². The normalized spacial score (nSPS) is 11.6. The fourth-order valence-electron chi connectivity index (χ4n) is 3.00. The lowest BCUT2D eigenvalue weighted by Crippen LogP contribution is -2.15. The Kier molecular flexibility index (Phi) is 7.36. The summed E-state index contributed by atoms with van der Waals surface area (Å²) >= 11 is 0. The largest absolute Gasteiger partial charge is 0.495 e. The molecule has 9 nitrogen and oxygen atoms in total. The topological polar surface area (TPSA) is 145 Å². The van der Waals surface area contributed by atoms with E-state index in [-0.39, 0.29) is 22.1 Å². The van der Waals surface area contributed by atoms with E-state index in [4.69, 9.17) is 9.88 Å². The van der Waals surface area contributed by atoms with E-state index in [9.17, 15) is 21.6 Å². The lowest BCUT2D eigenvalue weighted by Gasteiger charge is -2.12. The molecule has 0 spiro atoms. The van der Waals surface area contributed by atoms with Crippen LogP contribution >= 0.6 is 0 Å². The highest BCUT2D eigenvalue weighted by Gasteiger charge is 2.17. The van der Waals surface area contributed by atoms with Gasteiger partial charge in [-0.2, -0.15) is 0 Å². The van der Waals surface area contributed by atoms with Crippen LogP contribution in [0.3, 0.4) is 0 Å². The summed E-state index contributed by atoms with van der Waals surface area (Å²) in [5.74, 6) is 0.0559. The summed E-state index contributed by atoms with van der Waals surface area (Å²) in [5.41, 5.74) is 1.38. The molecule has 1 amide bonds. The van der Waals surface area contributed by atoms with E-state index in [1.807, 2.05) is 0 Å². The molecule has 3 rings (SSSR count). The van der Waals surface area contributed by atoms with Crippen molar-refractivity contribution in [3.8, 4) is 5.75 Å². The van der Waals surface area contributed by atoms with Gasteiger partial charge in [0.2, 0.25) is 15.9 Å². The third-order valence-electron chi connectivity index (χ3n) is 4.67. The SMILES string of the molecule is COc1ccccc1NS(=O)(=O)c1cccc(NC(=O)CCc2ccc(S(N)(=O)=O)cc2)c1. The molecule has 4 N–H and O–H groups in total. The summed E-state index contributed by atoms with van der Waals surface area (Å²) < 4.78 is 55.8. The molecule has 11 heteroatoms. The van der Waals surface area contributed by atoms with Crippen LogP contribution in [0.4, 0.5) is 11.4 Å². The minimum Gasteiger partial charge on any atom is -0.495 e. The average Bonchev–Trinajstić information content (AvgIpc) is 2.78. The number of primary sulfonamides is 1. The van der Waals surface area contributed by atoms with Gasteiger partial charge in [-0.15, -0.1) is 0 Å². The number of ether oxygens (including phenoxy) is 1. The molecule has 0 saturated heterocycles. The van der Waals surface area contributed by atoms with E-state index in [2.05, 4.69) is 10.0 Å². The lowest BCUT2D eigenvalue weighted by molar-refractivity contribution is -0.116. The van der Waals surface area contributed by atoms with Gasteiger partial charge in [0, 0.05) is 12.1 Å². The van der Waals surface area contributed by atoms with Crippen molar-refractivity contribution in [3.63, 3.8) is 0 Å². The number of hydrogen-bond acceptors (Lipinski definition) is 6. The molecule has 0 heterocycles. The van der Waals surface area contributed by atoms with E-state index >= 15 is 0 Å². The van der Waals surface area contributed by atoms with Crippen molar-refractivity contribution in [2.75, 3.05) is 17.1 Å². The van der Waals surface area contributed by atoms with Gasteiger partial charge in [-0.05, 0) is 54.4 Å². The zero-order valence-electron chi connectivity index (χ0n) is 17.7. The zero-order valence-corrected chi connectivity index (χ0v) is 19.3. The van der Waals surface area contributed by atoms with Gasteiger partial charge in [0.25, 0.3) is 10.0 Å². The van der Waals surface area contributed by atoms with Crippen LogP contribution in [0.1, 0.15) is 12.0 Å². The predicted molar refractivity (Wildman–Crippen MR) is 125 cm³/mol. The van der Waals surface area contributed by atoms with Crippen molar-refractivity contribution < 1.29 is 26.4 Å². The molecular formula is C22H23N3O6S2. The number of para-hydroxylation sites is 2. The lowest BCUT2D eigenvalue weighted by atomic mass is 10.1. The summed E-state index contributed by atoms with van der Waals surface area (Å²) in [7, 11) is -6.25. The van der Waals surface area contributed by atoms with Gasteiger partial charge in [0.15, 0.2) is 0 Å². The van der Waals surface area contributed by atoms with Crippen LogP contribution in [0, 0.1) is 0 Å². The van der Waals surface area contributed by atoms with E-state index in [0.29, 0.717) is 23.5 Å². The molecule has 0 aliphatic heterocycles. The Morgan fingerprint density at radius 2 is 1.61 bits per heavy atom. The van der Waals surface area contributed by atoms with Crippen LogP contribution in [0.15, 0.2) is 82.6 Å². The third-order valence-corrected chi connectivity index (χ3v) is 6.96. The van der Waals surface area contributed by atoms with Crippen molar-refractivity contribution in [1.82, 2.24) is 0 Å². The first-order valence-corrected chi connectivity index (χ1v) is 12.8. The number of sulfonamides is 2. The van der Waals surface area contributed by atoms with Gasteiger partial charge >= 0.3 is 0 Å². The Labute approximate surface area is 192 Å². The Morgan fingerprint density at radius 3 is 2.27 bits per heavy atom. The second-order valence-corrected chi connectivity index (χ2v) is 10.3. The summed E-state index contributed by atoms with van der Waals surface area (Å²) in [5, 5.41) is 7.74. The van der Waals surface area contributed by atoms with Gasteiger partial charge in [-0.25, -0.2) is 22.0 Å². The predicted octanol–water partition coefficient (Wildman–Crippen LogP) is 2.71. The molecule has 0 aliphatic carbocycles. The third kappa shape index (κ3) is 6.54. The highest BCUT2D eigenvalue weighted by Crippen LogP contribution is 2.27. The monoisotopic (exact) mass is 489 g/mol. The number of aryl methyl sites for hydroxylation is 1. The molecule has 0 bridgehead atoms. The molecule has 3 aromatic carbocycles. The zero-order chi connectivity index (χ0) is 24.1. The maximum Gasteiger partial charge on any atom is 0.262 e. The highest BCUT2D eigenvalue weighted by molar-refractivity contribution is 7.92. The standard InChI is InChI=1S/C22H23N3O6S2/c1-31-21-8-3-2-7-20(21)25-33(29,30)19-6-4-5-17(15-19)24-22(26)14-11-16-9-12-18(13-10-16)32(23,27)28/h2-10,12-13,15,25H,11,14H2,1H3,(H,24,26)(H2,23,27,28). The number of nitrogens with two attached hydrogens (primary N) is 1. The van der Waals surface area contributed by atoms with E-state index in [1.54, 1.807) is 42.5 Å². The van der Waals surface area contributed by atoms with Crippen LogP contribution in [0.25, 0.3) is 0 Å². The summed E-state index contributed by atoms with van der Waals surface area (Å²) in [6.45, 7) is 0. The molecule has 0 saturated carbocycles. The minimum absolute atomic E-state index is 0.00421. The summed E-state index contributed by atoms with van der Waals surface area (Å²) in [6, 6.07) is 18.4. The number of rotatable bonds is 9. The molecule has 3 aromatic rings. The fraction of sp³-hybridized carbons (Fsp3) is 0.136. The molecule has 0 unspecified atom stereocenters.